The van der Waals surface area contributed by atoms with Crippen LogP contribution in [0.25, 0.3) is 17.2 Å². The summed E-state index contributed by atoms with van der Waals surface area (Å²) in [6.07, 6.45) is 8.78. The van der Waals surface area contributed by atoms with Crippen molar-refractivity contribution in [3.63, 3.8) is 0 Å². The average Bonchev–Trinajstić information content (AvgIpc) is 3.35. The van der Waals surface area contributed by atoms with Crippen molar-refractivity contribution in [3.8, 4) is 6.01 Å². The Bertz CT molecular complexity index is 1290. The van der Waals surface area contributed by atoms with Gasteiger partial charge in [0.25, 0.3) is 0 Å². The van der Waals surface area contributed by atoms with Crippen LogP contribution in [0.15, 0.2) is 39.9 Å². The molecule has 1 aromatic carbocycles. The smallest absolute Gasteiger partial charge is 0.320 e. The standard InChI is InChI=1S/C26H34N6O3/c1-3-4-15-35-26-29-22(27)21-23(30-26)32(25(34)24(33)28-21)17-20-11-9-19(10-12-20)8-7-18(2)16-31-13-5-6-14-31/h7-12,18H,3-6,13-17H2,1-2H3,(H,28,33)(H2,27,29,30)/b8-7+. The number of ether oxygens (including phenoxy) is 1. The summed E-state index contributed by atoms with van der Waals surface area (Å²) in [5.41, 5.74) is 7.00. The Balaban J connectivity index is 1.54. The van der Waals surface area contributed by atoms with Crippen molar-refractivity contribution in [2.75, 3.05) is 32.0 Å². The third-order valence-corrected chi connectivity index (χ3v) is 6.24. The third-order valence-electron chi connectivity index (χ3n) is 6.24. The maximum Gasteiger partial charge on any atom is 0.320 e. The molecule has 35 heavy (non-hydrogen) atoms. The molecule has 0 saturated carbocycles. The van der Waals surface area contributed by atoms with Crippen molar-refractivity contribution in [2.45, 2.75) is 46.1 Å². The Kier molecular flexibility index (Phi) is 7.97. The minimum atomic E-state index is -0.765. The van der Waals surface area contributed by atoms with E-state index in [4.69, 9.17) is 10.5 Å². The fourth-order valence-corrected chi connectivity index (χ4v) is 4.29. The Morgan fingerprint density at radius 1 is 1.17 bits per heavy atom. The fourth-order valence-electron chi connectivity index (χ4n) is 4.29. The highest BCUT2D eigenvalue weighted by molar-refractivity contribution is 5.81. The number of aromatic amines is 1. The van der Waals surface area contributed by atoms with Crippen molar-refractivity contribution in [1.82, 2.24) is 24.4 Å². The number of rotatable bonds is 10. The molecule has 1 fully saturated rings. The average molecular weight is 479 g/mol. The van der Waals surface area contributed by atoms with Crippen LogP contribution < -0.4 is 21.6 Å². The molecule has 1 aliphatic heterocycles. The zero-order valence-corrected chi connectivity index (χ0v) is 20.5. The first kappa shape index (κ1) is 24.7. The van der Waals surface area contributed by atoms with Crippen molar-refractivity contribution in [2.24, 2.45) is 5.92 Å². The molecule has 1 saturated heterocycles. The van der Waals surface area contributed by atoms with Gasteiger partial charge in [0, 0.05) is 6.54 Å². The fraction of sp³-hybridized carbons (Fsp3) is 0.462. The quantitative estimate of drug-likeness (QED) is 0.339. The number of hydrogen-bond acceptors (Lipinski definition) is 7. The minimum Gasteiger partial charge on any atom is -0.463 e. The van der Waals surface area contributed by atoms with E-state index in [0.29, 0.717) is 12.5 Å². The van der Waals surface area contributed by atoms with Gasteiger partial charge in [-0.15, -0.1) is 0 Å². The zero-order chi connectivity index (χ0) is 24.8. The van der Waals surface area contributed by atoms with Crippen molar-refractivity contribution >= 4 is 23.1 Å². The summed E-state index contributed by atoms with van der Waals surface area (Å²) in [5, 5.41) is 0. The summed E-state index contributed by atoms with van der Waals surface area (Å²) >= 11 is 0. The van der Waals surface area contributed by atoms with Gasteiger partial charge in [-0.05, 0) is 49.4 Å². The molecule has 1 unspecified atom stereocenters. The molecule has 4 rings (SSSR count). The molecule has 0 radical (unpaired) electrons. The maximum absolute atomic E-state index is 12.7. The van der Waals surface area contributed by atoms with E-state index < -0.39 is 11.1 Å². The first-order chi connectivity index (χ1) is 16.9. The molecule has 3 heterocycles. The number of H-pyrrole nitrogens is 1. The summed E-state index contributed by atoms with van der Waals surface area (Å²) in [7, 11) is 0. The monoisotopic (exact) mass is 478 g/mol. The van der Waals surface area contributed by atoms with Gasteiger partial charge in [-0.1, -0.05) is 56.7 Å². The Labute approximate surface area is 204 Å². The van der Waals surface area contributed by atoms with Crippen LogP contribution in [0.3, 0.4) is 0 Å². The lowest BCUT2D eigenvalue weighted by molar-refractivity contribution is 0.286. The van der Waals surface area contributed by atoms with Gasteiger partial charge >= 0.3 is 17.1 Å². The van der Waals surface area contributed by atoms with Crippen LogP contribution in [0, 0.1) is 5.92 Å². The topological polar surface area (TPSA) is 119 Å². The van der Waals surface area contributed by atoms with Gasteiger partial charge in [-0.2, -0.15) is 9.97 Å². The third kappa shape index (κ3) is 6.16. The number of likely N-dealkylation sites (tertiary alicyclic amines) is 1. The van der Waals surface area contributed by atoms with Gasteiger partial charge in [-0.25, -0.2) is 0 Å². The molecule has 0 amide bonds. The second-order valence-corrected chi connectivity index (χ2v) is 9.22. The number of fused-ring (bicyclic) bond motifs is 1. The molecule has 2 aromatic heterocycles. The Morgan fingerprint density at radius 2 is 1.91 bits per heavy atom. The van der Waals surface area contributed by atoms with Crippen LogP contribution in [-0.4, -0.2) is 50.7 Å². The van der Waals surface area contributed by atoms with E-state index in [1.165, 1.54) is 30.5 Å². The molecular weight excluding hydrogens is 444 g/mol. The van der Waals surface area contributed by atoms with E-state index >= 15 is 0 Å². The first-order valence-corrected chi connectivity index (χ1v) is 12.4. The molecule has 0 spiro atoms. The highest BCUT2D eigenvalue weighted by Crippen LogP contribution is 2.18. The second kappa shape index (κ2) is 11.3. The van der Waals surface area contributed by atoms with E-state index in [9.17, 15) is 9.59 Å². The normalized spacial score (nSPS) is 15.3. The summed E-state index contributed by atoms with van der Waals surface area (Å²) < 4.78 is 6.92. The van der Waals surface area contributed by atoms with E-state index in [2.05, 4.69) is 45.9 Å². The lowest BCUT2D eigenvalue weighted by Crippen LogP contribution is -2.37. The Morgan fingerprint density at radius 3 is 2.63 bits per heavy atom. The van der Waals surface area contributed by atoms with Gasteiger partial charge in [-0.3, -0.25) is 14.2 Å². The van der Waals surface area contributed by atoms with Crippen LogP contribution in [-0.2, 0) is 6.54 Å². The first-order valence-electron chi connectivity index (χ1n) is 12.4. The summed E-state index contributed by atoms with van der Waals surface area (Å²) in [6, 6.07) is 8.02. The van der Waals surface area contributed by atoms with Crippen LogP contribution >= 0.6 is 0 Å². The lowest BCUT2D eigenvalue weighted by atomic mass is 10.1. The summed E-state index contributed by atoms with van der Waals surface area (Å²) in [4.78, 5) is 38.5. The highest BCUT2D eigenvalue weighted by Gasteiger charge is 2.15. The van der Waals surface area contributed by atoms with Crippen molar-refractivity contribution in [1.29, 1.82) is 0 Å². The summed E-state index contributed by atoms with van der Waals surface area (Å²) in [6.45, 7) is 8.40. The highest BCUT2D eigenvalue weighted by atomic mass is 16.5. The zero-order valence-electron chi connectivity index (χ0n) is 20.5. The van der Waals surface area contributed by atoms with Crippen LogP contribution in [0.1, 0.15) is 50.7 Å². The van der Waals surface area contributed by atoms with Crippen molar-refractivity contribution < 1.29 is 4.74 Å². The molecular formula is C26H34N6O3. The molecule has 1 aliphatic rings. The van der Waals surface area contributed by atoms with Crippen molar-refractivity contribution in [3.05, 3.63) is 62.2 Å². The number of anilines is 1. The van der Waals surface area contributed by atoms with Gasteiger partial charge in [0.1, 0.15) is 5.52 Å². The number of benzene rings is 1. The predicted molar refractivity (Wildman–Crippen MR) is 139 cm³/mol. The number of nitrogens with two attached hydrogens (primary N) is 1. The van der Waals surface area contributed by atoms with Gasteiger partial charge in [0.15, 0.2) is 11.5 Å². The van der Waals surface area contributed by atoms with E-state index in [0.717, 1.165) is 30.5 Å². The minimum absolute atomic E-state index is 0.0656. The predicted octanol–water partition coefficient (Wildman–Crippen LogP) is 3.03. The molecule has 9 heteroatoms. The number of unbranched alkanes of at least 4 members (excludes halogenated alkanes) is 1. The number of nitrogen functional groups attached to an aromatic ring is 1. The lowest BCUT2D eigenvalue weighted by Gasteiger charge is -2.17. The largest absolute Gasteiger partial charge is 0.463 e. The Hall–Kier alpha value is -3.46. The maximum atomic E-state index is 12.7. The second-order valence-electron chi connectivity index (χ2n) is 9.22. The van der Waals surface area contributed by atoms with E-state index in [1.54, 1.807) is 0 Å². The molecule has 9 nitrogen and oxygen atoms in total. The van der Waals surface area contributed by atoms with E-state index in [-0.39, 0.29) is 29.5 Å². The molecule has 0 aliphatic carbocycles. The van der Waals surface area contributed by atoms with Crippen LogP contribution in [0.4, 0.5) is 5.82 Å². The van der Waals surface area contributed by atoms with Crippen LogP contribution in [0.2, 0.25) is 0 Å². The van der Waals surface area contributed by atoms with Gasteiger partial charge in [0.2, 0.25) is 0 Å². The number of nitrogens with zero attached hydrogens (tertiary/aromatic N) is 4. The van der Waals surface area contributed by atoms with E-state index in [1.807, 2.05) is 24.3 Å². The molecule has 3 aromatic rings. The van der Waals surface area contributed by atoms with Gasteiger partial charge in [0.05, 0.1) is 13.2 Å². The molecule has 3 N–H and O–H groups in total. The SMILES string of the molecule is CCCCOc1nc(N)c2[nH]c(=O)c(=O)n(Cc3ccc(/C=C/C(C)CN4CCCC4)cc3)c2n1. The number of aromatic nitrogens is 4. The molecule has 0 bridgehead atoms. The number of hydrogen-bond donors (Lipinski definition) is 2. The van der Waals surface area contributed by atoms with Crippen LogP contribution in [0.5, 0.6) is 6.01 Å². The molecule has 1 atom stereocenters. The van der Waals surface area contributed by atoms with Gasteiger partial charge < -0.3 is 20.4 Å². The summed E-state index contributed by atoms with van der Waals surface area (Å²) in [5.74, 6) is 0.545. The molecule has 186 valence electrons. The number of nitrogens with one attached hydrogen (secondary N) is 1.